The molecule has 0 fully saturated rings. The van der Waals surface area contributed by atoms with Crippen molar-refractivity contribution in [1.82, 2.24) is 0 Å². The SMILES string of the molecule is CC/C=C\C/C=C\C/C=C\C/C=C\C/C=C\CCCCCCCCCCCC(=O)OCC(COC(=O)CCCCCCC/C=C\CCCCCCC)OC(=O)CCCCCCCCC/C=C\CCCCCCCC. The van der Waals surface area contributed by atoms with Gasteiger partial charge in [-0.05, 0) is 116 Å². The Kier molecular flexibility index (Phi) is 59.3. The van der Waals surface area contributed by atoms with Gasteiger partial charge in [0.2, 0.25) is 0 Å². The molecular formula is C68H118O6. The standard InChI is InChI=1S/C68H118O6/c1-4-7-10-13-16-19-22-25-28-30-31-32-33-34-35-36-37-39-40-43-46-49-52-55-58-61-67(70)73-64-65(63-72-66(69)60-57-54-51-48-45-42-27-24-21-18-15-12-9-6-3)74-68(71)62-59-56-53-50-47-44-41-38-29-26-23-20-17-14-11-8-5-2/h7,10,16,19,24-29,31-32,34-35,65H,4-6,8-9,11-15,17-18,20-23,30,33,36-64H2,1-3H3/b10-7-,19-16-,27-24-,28-25-,29-26-,32-31-,35-34-. The molecule has 426 valence electrons. The van der Waals surface area contributed by atoms with Gasteiger partial charge >= 0.3 is 17.9 Å². The number of carbonyl (C=O) groups excluding carboxylic acids is 3. The molecule has 0 aromatic heterocycles. The van der Waals surface area contributed by atoms with E-state index in [4.69, 9.17) is 14.2 Å². The summed E-state index contributed by atoms with van der Waals surface area (Å²) in [6.07, 6.45) is 81.5. The van der Waals surface area contributed by atoms with Gasteiger partial charge in [-0.3, -0.25) is 14.4 Å². The van der Waals surface area contributed by atoms with Crippen molar-refractivity contribution in [2.45, 2.75) is 316 Å². The quantitative estimate of drug-likeness (QED) is 0.0261. The fourth-order valence-electron chi connectivity index (χ4n) is 8.87. The van der Waals surface area contributed by atoms with E-state index in [1.807, 2.05) is 0 Å². The molecule has 6 heteroatoms. The summed E-state index contributed by atoms with van der Waals surface area (Å²) in [6, 6.07) is 0. The van der Waals surface area contributed by atoms with Crippen molar-refractivity contribution in [2.24, 2.45) is 0 Å². The zero-order valence-corrected chi connectivity index (χ0v) is 48.8. The average Bonchev–Trinajstić information content (AvgIpc) is 3.40. The molecular weight excluding hydrogens is 913 g/mol. The summed E-state index contributed by atoms with van der Waals surface area (Å²) in [5.74, 6) is -0.890. The lowest BCUT2D eigenvalue weighted by molar-refractivity contribution is -0.167. The fraction of sp³-hybridized carbons (Fsp3) is 0.750. The maximum Gasteiger partial charge on any atom is 0.306 e. The average molecular weight is 1030 g/mol. The molecule has 0 amide bonds. The second-order valence-corrected chi connectivity index (χ2v) is 20.9. The summed E-state index contributed by atoms with van der Waals surface area (Å²) < 4.78 is 16.9. The van der Waals surface area contributed by atoms with Crippen LogP contribution in [0.25, 0.3) is 0 Å². The van der Waals surface area contributed by atoms with Crippen LogP contribution in [-0.2, 0) is 28.6 Å². The second kappa shape index (κ2) is 62.1. The Morgan fingerprint density at radius 2 is 0.527 bits per heavy atom. The lowest BCUT2D eigenvalue weighted by Crippen LogP contribution is -2.30. The van der Waals surface area contributed by atoms with Crippen LogP contribution in [0.1, 0.15) is 310 Å². The Morgan fingerprint density at radius 3 is 0.838 bits per heavy atom. The number of esters is 3. The monoisotopic (exact) mass is 1030 g/mol. The van der Waals surface area contributed by atoms with Crippen LogP contribution >= 0.6 is 0 Å². The number of allylic oxidation sites excluding steroid dienone is 14. The minimum atomic E-state index is -0.785. The maximum atomic E-state index is 12.9. The summed E-state index contributed by atoms with van der Waals surface area (Å²) in [5.41, 5.74) is 0. The van der Waals surface area contributed by atoms with Crippen molar-refractivity contribution in [3.63, 3.8) is 0 Å². The highest BCUT2D eigenvalue weighted by atomic mass is 16.6. The van der Waals surface area contributed by atoms with Crippen molar-refractivity contribution < 1.29 is 28.6 Å². The molecule has 0 radical (unpaired) electrons. The Morgan fingerprint density at radius 1 is 0.284 bits per heavy atom. The van der Waals surface area contributed by atoms with Crippen LogP contribution in [0.5, 0.6) is 0 Å². The number of unbranched alkanes of at least 4 members (excludes halogenated alkanes) is 32. The van der Waals surface area contributed by atoms with E-state index in [1.165, 1.54) is 167 Å². The van der Waals surface area contributed by atoms with E-state index in [2.05, 4.69) is 106 Å². The minimum absolute atomic E-state index is 0.0829. The van der Waals surface area contributed by atoms with Crippen LogP contribution in [0.4, 0.5) is 0 Å². The molecule has 0 heterocycles. The van der Waals surface area contributed by atoms with Gasteiger partial charge in [-0.15, -0.1) is 0 Å². The van der Waals surface area contributed by atoms with Gasteiger partial charge in [0.1, 0.15) is 13.2 Å². The lowest BCUT2D eigenvalue weighted by atomic mass is 10.1. The first-order valence-corrected chi connectivity index (χ1v) is 31.6. The molecule has 0 aromatic rings. The first-order chi connectivity index (χ1) is 36.5. The van der Waals surface area contributed by atoms with Crippen LogP contribution < -0.4 is 0 Å². The van der Waals surface area contributed by atoms with Crippen LogP contribution in [0, 0.1) is 0 Å². The largest absolute Gasteiger partial charge is 0.462 e. The Balaban J connectivity index is 4.34. The highest BCUT2D eigenvalue weighted by Gasteiger charge is 2.19. The molecule has 0 aliphatic carbocycles. The third kappa shape index (κ3) is 59.5. The maximum absolute atomic E-state index is 12.9. The van der Waals surface area contributed by atoms with Crippen molar-refractivity contribution in [3.8, 4) is 0 Å². The van der Waals surface area contributed by atoms with E-state index >= 15 is 0 Å². The van der Waals surface area contributed by atoms with E-state index in [-0.39, 0.29) is 31.1 Å². The van der Waals surface area contributed by atoms with Crippen molar-refractivity contribution >= 4 is 17.9 Å². The molecule has 0 bridgehead atoms. The molecule has 0 N–H and O–H groups in total. The summed E-state index contributed by atoms with van der Waals surface area (Å²) >= 11 is 0. The number of hydrogen-bond acceptors (Lipinski definition) is 6. The third-order valence-electron chi connectivity index (χ3n) is 13.6. The van der Waals surface area contributed by atoms with Gasteiger partial charge in [-0.25, -0.2) is 0 Å². The molecule has 74 heavy (non-hydrogen) atoms. The van der Waals surface area contributed by atoms with Crippen LogP contribution in [0.15, 0.2) is 85.1 Å². The molecule has 0 aromatic carbocycles. The van der Waals surface area contributed by atoms with Crippen molar-refractivity contribution in [3.05, 3.63) is 85.1 Å². The van der Waals surface area contributed by atoms with E-state index < -0.39 is 6.10 Å². The third-order valence-corrected chi connectivity index (χ3v) is 13.6. The molecule has 0 saturated carbocycles. The first kappa shape index (κ1) is 70.6. The smallest absolute Gasteiger partial charge is 0.306 e. The summed E-state index contributed by atoms with van der Waals surface area (Å²) in [4.78, 5) is 38.3. The minimum Gasteiger partial charge on any atom is -0.462 e. The summed E-state index contributed by atoms with van der Waals surface area (Å²) in [5, 5.41) is 0. The topological polar surface area (TPSA) is 78.9 Å². The highest BCUT2D eigenvalue weighted by molar-refractivity contribution is 5.71. The fourth-order valence-corrected chi connectivity index (χ4v) is 8.87. The molecule has 6 nitrogen and oxygen atoms in total. The van der Waals surface area contributed by atoms with E-state index in [0.717, 1.165) is 103 Å². The van der Waals surface area contributed by atoms with Gasteiger partial charge in [0.15, 0.2) is 6.10 Å². The van der Waals surface area contributed by atoms with E-state index in [1.54, 1.807) is 0 Å². The Labute approximate surface area is 458 Å². The molecule has 0 aliphatic heterocycles. The molecule has 0 spiro atoms. The van der Waals surface area contributed by atoms with Gasteiger partial charge in [-0.2, -0.15) is 0 Å². The second-order valence-electron chi connectivity index (χ2n) is 20.9. The predicted octanol–water partition coefficient (Wildman–Crippen LogP) is 21.5. The summed E-state index contributed by atoms with van der Waals surface area (Å²) in [7, 11) is 0. The molecule has 1 unspecified atom stereocenters. The first-order valence-electron chi connectivity index (χ1n) is 31.6. The lowest BCUT2D eigenvalue weighted by Gasteiger charge is -2.18. The number of rotatable bonds is 57. The van der Waals surface area contributed by atoms with E-state index in [9.17, 15) is 14.4 Å². The Bertz CT molecular complexity index is 1420. The van der Waals surface area contributed by atoms with E-state index in [0.29, 0.717) is 19.3 Å². The molecule has 0 aliphatic rings. The van der Waals surface area contributed by atoms with Gasteiger partial charge < -0.3 is 14.2 Å². The number of ether oxygens (including phenoxy) is 3. The zero-order chi connectivity index (χ0) is 53.6. The van der Waals surface area contributed by atoms with Crippen LogP contribution in [0.2, 0.25) is 0 Å². The predicted molar refractivity (Wildman–Crippen MR) is 321 cm³/mol. The normalized spacial score (nSPS) is 12.6. The number of carbonyl (C=O) groups is 3. The molecule has 0 saturated heterocycles. The highest BCUT2D eigenvalue weighted by Crippen LogP contribution is 2.16. The van der Waals surface area contributed by atoms with Gasteiger partial charge in [0.25, 0.3) is 0 Å². The van der Waals surface area contributed by atoms with Gasteiger partial charge in [0, 0.05) is 19.3 Å². The Hall–Kier alpha value is -3.41. The molecule has 0 rings (SSSR count). The summed E-state index contributed by atoms with van der Waals surface area (Å²) in [6.45, 7) is 6.53. The molecule has 1 atom stereocenters. The van der Waals surface area contributed by atoms with Crippen molar-refractivity contribution in [2.75, 3.05) is 13.2 Å². The van der Waals surface area contributed by atoms with Gasteiger partial charge in [0.05, 0.1) is 0 Å². The van der Waals surface area contributed by atoms with Crippen LogP contribution in [0.3, 0.4) is 0 Å². The van der Waals surface area contributed by atoms with Crippen molar-refractivity contribution in [1.29, 1.82) is 0 Å². The van der Waals surface area contributed by atoms with Gasteiger partial charge in [-0.1, -0.05) is 260 Å². The number of hydrogen-bond donors (Lipinski definition) is 0. The van der Waals surface area contributed by atoms with Crippen LogP contribution in [-0.4, -0.2) is 37.2 Å². The zero-order valence-electron chi connectivity index (χ0n) is 48.8.